The normalized spacial score (nSPS) is 20.6. The van der Waals surface area contributed by atoms with Gasteiger partial charge in [-0.2, -0.15) is 0 Å². The fourth-order valence-electron chi connectivity index (χ4n) is 3.75. The second-order valence-corrected chi connectivity index (χ2v) is 8.44. The van der Waals surface area contributed by atoms with Crippen LogP contribution in [0.15, 0.2) is 18.3 Å². The third-order valence-corrected chi connectivity index (χ3v) is 5.10. The molecule has 1 amide bonds. The summed E-state index contributed by atoms with van der Waals surface area (Å²) in [7, 11) is 0. The summed E-state index contributed by atoms with van der Waals surface area (Å²) in [6.07, 6.45) is 6.22. The molecule has 132 valence electrons. The number of ether oxygens (including phenoxy) is 1. The average Bonchev–Trinajstić information content (AvgIpc) is 2.47. The predicted octanol–water partition coefficient (Wildman–Crippen LogP) is 3.98. The van der Waals surface area contributed by atoms with Gasteiger partial charge < -0.3 is 15.0 Å². The second-order valence-electron chi connectivity index (χ2n) is 8.44. The van der Waals surface area contributed by atoms with Gasteiger partial charge in [-0.05, 0) is 70.4 Å². The molecular formula is C19H29N3O2. The van der Waals surface area contributed by atoms with Crippen LogP contribution in [0, 0.1) is 12.3 Å². The maximum Gasteiger partial charge on any atom is 0.410 e. The number of amides is 1. The third-order valence-electron chi connectivity index (χ3n) is 5.10. The van der Waals surface area contributed by atoms with Gasteiger partial charge in [0.15, 0.2) is 0 Å². The highest BCUT2D eigenvalue weighted by Crippen LogP contribution is 2.50. The number of hydrogen-bond acceptors (Lipinski definition) is 4. The van der Waals surface area contributed by atoms with Crippen LogP contribution in [0.1, 0.15) is 52.0 Å². The minimum atomic E-state index is -0.418. The lowest BCUT2D eigenvalue weighted by atomic mass is 9.60. The largest absolute Gasteiger partial charge is 0.444 e. The van der Waals surface area contributed by atoms with Crippen LogP contribution in [-0.4, -0.2) is 40.7 Å². The number of rotatable bonds is 2. The summed E-state index contributed by atoms with van der Waals surface area (Å²) in [5.74, 6) is 0.964. The Kier molecular flexibility index (Phi) is 4.45. The zero-order valence-corrected chi connectivity index (χ0v) is 15.3. The number of piperidine rings is 1. The first-order valence-electron chi connectivity index (χ1n) is 8.92. The smallest absolute Gasteiger partial charge is 0.410 e. The van der Waals surface area contributed by atoms with Crippen LogP contribution < -0.4 is 5.32 Å². The van der Waals surface area contributed by atoms with E-state index in [4.69, 9.17) is 4.74 Å². The van der Waals surface area contributed by atoms with Crippen LogP contribution in [0.25, 0.3) is 0 Å². The van der Waals surface area contributed by atoms with Crippen molar-refractivity contribution in [2.45, 2.75) is 65.0 Å². The number of likely N-dealkylation sites (tertiary alicyclic amines) is 1. The van der Waals surface area contributed by atoms with E-state index in [2.05, 4.69) is 16.4 Å². The SMILES string of the molecule is Cc1ccc(NC2CC3(CCN(C(=O)OC(C)(C)C)CC3)C2)nc1. The summed E-state index contributed by atoms with van der Waals surface area (Å²) in [6, 6.07) is 4.64. The molecule has 0 radical (unpaired) electrons. The number of pyridine rings is 1. The maximum atomic E-state index is 12.1. The van der Waals surface area contributed by atoms with Crippen molar-refractivity contribution in [1.82, 2.24) is 9.88 Å². The molecule has 2 fully saturated rings. The Morgan fingerprint density at radius 1 is 1.29 bits per heavy atom. The first-order valence-corrected chi connectivity index (χ1v) is 8.92. The number of carbonyl (C=O) groups excluding carboxylic acids is 1. The molecule has 1 aliphatic carbocycles. The molecule has 5 nitrogen and oxygen atoms in total. The summed E-state index contributed by atoms with van der Waals surface area (Å²) < 4.78 is 5.47. The van der Waals surface area contributed by atoms with Crippen molar-refractivity contribution in [3.05, 3.63) is 23.9 Å². The molecule has 1 aromatic rings. The van der Waals surface area contributed by atoms with Crippen LogP contribution >= 0.6 is 0 Å². The summed E-state index contributed by atoms with van der Waals surface area (Å²) in [5, 5.41) is 3.53. The standard InChI is InChI=1S/C19H29N3O2/c1-14-5-6-16(20-13-14)21-15-11-19(12-15)7-9-22(10-8-19)17(23)24-18(2,3)4/h5-6,13,15H,7-12H2,1-4H3,(H,20,21). The Morgan fingerprint density at radius 3 is 2.50 bits per heavy atom. The van der Waals surface area contributed by atoms with E-state index in [9.17, 15) is 4.79 Å². The first kappa shape index (κ1) is 17.1. The van der Waals surface area contributed by atoms with Gasteiger partial charge in [-0.3, -0.25) is 0 Å². The highest BCUT2D eigenvalue weighted by molar-refractivity contribution is 5.68. The molecule has 2 aliphatic rings. The molecule has 1 aliphatic heterocycles. The number of nitrogens with one attached hydrogen (secondary N) is 1. The van der Waals surface area contributed by atoms with Crippen LogP contribution in [0.5, 0.6) is 0 Å². The Morgan fingerprint density at radius 2 is 1.96 bits per heavy atom. The lowest BCUT2D eigenvalue weighted by Gasteiger charge is -2.52. The Bertz CT molecular complexity index is 576. The Labute approximate surface area is 144 Å². The van der Waals surface area contributed by atoms with E-state index < -0.39 is 5.60 Å². The van der Waals surface area contributed by atoms with E-state index in [0.717, 1.165) is 31.7 Å². The molecule has 24 heavy (non-hydrogen) atoms. The molecule has 0 bridgehead atoms. The van der Waals surface area contributed by atoms with Gasteiger partial charge in [0.05, 0.1) is 0 Å². The fraction of sp³-hybridized carbons (Fsp3) is 0.684. The van der Waals surface area contributed by atoms with E-state index in [-0.39, 0.29) is 6.09 Å². The van der Waals surface area contributed by atoms with Gasteiger partial charge in [-0.15, -0.1) is 0 Å². The predicted molar refractivity (Wildman–Crippen MR) is 95.1 cm³/mol. The molecule has 1 saturated carbocycles. The number of aryl methyl sites for hydroxylation is 1. The van der Waals surface area contributed by atoms with E-state index in [1.807, 2.05) is 44.9 Å². The van der Waals surface area contributed by atoms with Crippen LogP contribution in [0.2, 0.25) is 0 Å². The molecular weight excluding hydrogens is 302 g/mol. The van der Waals surface area contributed by atoms with E-state index in [0.29, 0.717) is 11.5 Å². The molecule has 1 N–H and O–H groups in total. The molecule has 5 heteroatoms. The van der Waals surface area contributed by atoms with Crippen molar-refractivity contribution in [1.29, 1.82) is 0 Å². The first-order chi connectivity index (χ1) is 11.2. The number of nitrogens with zero attached hydrogens (tertiary/aromatic N) is 2. The van der Waals surface area contributed by atoms with Gasteiger partial charge in [0.1, 0.15) is 11.4 Å². The second kappa shape index (κ2) is 6.26. The zero-order valence-electron chi connectivity index (χ0n) is 15.3. The fourth-order valence-corrected chi connectivity index (χ4v) is 3.75. The Balaban J connectivity index is 1.45. The molecule has 2 heterocycles. The maximum absolute atomic E-state index is 12.1. The van der Waals surface area contributed by atoms with Crippen molar-refractivity contribution in [3.8, 4) is 0 Å². The van der Waals surface area contributed by atoms with Crippen LogP contribution in [-0.2, 0) is 4.74 Å². The Hall–Kier alpha value is -1.78. The number of anilines is 1. The zero-order chi connectivity index (χ0) is 17.4. The number of carbonyl (C=O) groups is 1. The van der Waals surface area contributed by atoms with Crippen molar-refractivity contribution in [2.75, 3.05) is 18.4 Å². The minimum absolute atomic E-state index is 0.171. The van der Waals surface area contributed by atoms with Gasteiger partial charge in [-0.1, -0.05) is 6.07 Å². The number of aromatic nitrogens is 1. The van der Waals surface area contributed by atoms with Gasteiger partial charge in [0.25, 0.3) is 0 Å². The van der Waals surface area contributed by atoms with Crippen molar-refractivity contribution >= 4 is 11.9 Å². The highest BCUT2D eigenvalue weighted by Gasteiger charge is 2.46. The van der Waals surface area contributed by atoms with E-state index in [1.165, 1.54) is 18.4 Å². The molecule has 1 saturated heterocycles. The van der Waals surface area contributed by atoms with Crippen LogP contribution in [0.3, 0.4) is 0 Å². The van der Waals surface area contributed by atoms with Gasteiger partial charge >= 0.3 is 6.09 Å². The van der Waals surface area contributed by atoms with Gasteiger partial charge in [-0.25, -0.2) is 9.78 Å². The average molecular weight is 331 g/mol. The molecule has 0 aromatic carbocycles. The molecule has 3 rings (SSSR count). The molecule has 1 aromatic heterocycles. The molecule has 1 spiro atoms. The molecule has 0 unspecified atom stereocenters. The minimum Gasteiger partial charge on any atom is -0.444 e. The van der Waals surface area contributed by atoms with E-state index in [1.54, 1.807) is 0 Å². The van der Waals surface area contributed by atoms with Crippen molar-refractivity contribution < 1.29 is 9.53 Å². The van der Waals surface area contributed by atoms with Gasteiger partial charge in [0.2, 0.25) is 0 Å². The molecule has 0 atom stereocenters. The quantitative estimate of drug-likeness (QED) is 0.890. The summed E-state index contributed by atoms with van der Waals surface area (Å²) in [4.78, 5) is 18.4. The van der Waals surface area contributed by atoms with Crippen LogP contribution in [0.4, 0.5) is 10.6 Å². The topological polar surface area (TPSA) is 54.5 Å². The summed E-state index contributed by atoms with van der Waals surface area (Å²) in [6.45, 7) is 9.41. The van der Waals surface area contributed by atoms with Gasteiger partial charge in [0, 0.05) is 25.3 Å². The number of hydrogen-bond donors (Lipinski definition) is 1. The van der Waals surface area contributed by atoms with Crippen molar-refractivity contribution in [3.63, 3.8) is 0 Å². The monoisotopic (exact) mass is 331 g/mol. The lowest BCUT2D eigenvalue weighted by Crippen LogP contribution is -2.53. The summed E-state index contributed by atoms with van der Waals surface area (Å²) >= 11 is 0. The highest BCUT2D eigenvalue weighted by atomic mass is 16.6. The van der Waals surface area contributed by atoms with Crippen molar-refractivity contribution in [2.24, 2.45) is 5.41 Å². The summed E-state index contributed by atoms with van der Waals surface area (Å²) in [5.41, 5.74) is 1.17. The lowest BCUT2D eigenvalue weighted by molar-refractivity contribution is -0.00862. The van der Waals surface area contributed by atoms with E-state index >= 15 is 0 Å². The third kappa shape index (κ3) is 4.00.